The molecule has 0 aliphatic carbocycles. The largest absolute Gasteiger partial charge is 0.398 e. The fourth-order valence-electron chi connectivity index (χ4n) is 1.70. The van der Waals surface area contributed by atoms with Crippen LogP contribution in [0.3, 0.4) is 0 Å². The van der Waals surface area contributed by atoms with Crippen molar-refractivity contribution in [2.75, 3.05) is 5.73 Å². The second kappa shape index (κ2) is 4.79. The van der Waals surface area contributed by atoms with Crippen LogP contribution in [0.15, 0.2) is 42.7 Å². The summed E-state index contributed by atoms with van der Waals surface area (Å²) < 4.78 is 0. The first-order chi connectivity index (χ1) is 7.79. The summed E-state index contributed by atoms with van der Waals surface area (Å²) in [5.41, 5.74) is 10.4. The summed E-state index contributed by atoms with van der Waals surface area (Å²) in [7, 11) is 0. The zero-order valence-electron chi connectivity index (χ0n) is 9.48. The lowest BCUT2D eigenvalue weighted by Gasteiger charge is -2.05. The Labute approximate surface area is 96.1 Å². The first-order valence-electron chi connectivity index (χ1n) is 5.55. The van der Waals surface area contributed by atoms with Crippen molar-refractivity contribution in [2.45, 2.75) is 19.8 Å². The molecule has 0 aliphatic heterocycles. The lowest BCUT2D eigenvalue weighted by Crippen LogP contribution is -1.96. The number of hydrogen-bond donors (Lipinski definition) is 1. The minimum absolute atomic E-state index is 0.814. The number of aromatic nitrogens is 1. The zero-order valence-corrected chi connectivity index (χ0v) is 9.48. The fourth-order valence-corrected chi connectivity index (χ4v) is 1.70. The van der Waals surface area contributed by atoms with Gasteiger partial charge in [-0.15, -0.1) is 0 Å². The number of nitrogens with zero attached hydrogens (tertiary/aromatic N) is 1. The minimum Gasteiger partial charge on any atom is -0.398 e. The molecular weight excluding hydrogens is 196 g/mol. The van der Waals surface area contributed by atoms with Gasteiger partial charge in [-0.1, -0.05) is 31.2 Å². The molecule has 0 saturated heterocycles. The molecule has 0 atom stereocenters. The normalized spacial score (nSPS) is 10.3. The molecule has 0 bridgehead atoms. The van der Waals surface area contributed by atoms with E-state index in [1.807, 2.05) is 12.3 Å². The van der Waals surface area contributed by atoms with Crippen molar-refractivity contribution >= 4 is 5.69 Å². The fraction of sp³-hybridized carbons (Fsp3) is 0.214. The van der Waals surface area contributed by atoms with Gasteiger partial charge >= 0.3 is 0 Å². The number of rotatable bonds is 3. The maximum Gasteiger partial charge on any atom is 0.0380 e. The Morgan fingerprint density at radius 3 is 2.38 bits per heavy atom. The van der Waals surface area contributed by atoms with Crippen molar-refractivity contribution in [3.8, 4) is 0 Å². The van der Waals surface area contributed by atoms with Crippen LogP contribution >= 0.6 is 0 Å². The zero-order chi connectivity index (χ0) is 11.4. The summed E-state index contributed by atoms with van der Waals surface area (Å²) in [5, 5.41) is 0. The van der Waals surface area contributed by atoms with E-state index >= 15 is 0 Å². The van der Waals surface area contributed by atoms with Crippen molar-refractivity contribution in [3.63, 3.8) is 0 Å². The average Bonchev–Trinajstić information content (AvgIpc) is 2.33. The SMILES string of the molecule is CCc1ccc(Cc2cnccc2N)cc1. The molecule has 0 amide bonds. The summed E-state index contributed by atoms with van der Waals surface area (Å²) >= 11 is 0. The Balaban J connectivity index is 2.18. The number of benzene rings is 1. The Bertz CT molecular complexity index is 460. The Morgan fingerprint density at radius 2 is 1.75 bits per heavy atom. The van der Waals surface area contributed by atoms with Gasteiger partial charge in [-0.05, 0) is 29.2 Å². The summed E-state index contributed by atoms with van der Waals surface area (Å²) in [5.74, 6) is 0. The summed E-state index contributed by atoms with van der Waals surface area (Å²) in [6, 6.07) is 10.5. The van der Waals surface area contributed by atoms with Crippen LogP contribution in [0.1, 0.15) is 23.6 Å². The van der Waals surface area contributed by atoms with E-state index in [9.17, 15) is 0 Å². The molecule has 1 heterocycles. The minimum atomic E-state index is 0.814. The van der Waals surface area contributed by atoms with E-state index in [0.717, 1.165) is 24.1 Å². The molecule has 0 spiro atoms. The van der Waals surface area contributed by atoms with Gasteiger partial charge in [-0.25, -0.2) is 0 Å². The third-order valence-electron chi connectivity index (χ3n) is 2.77. The van der Waals surface area contributed by atoms with Crippen LogP contribution in [-0.4, -0.2) is 4.98 Å². The van der Waals surface area contributed by atoms with Crippen LogP contribution in [0.5, 0.6) is 0 Å². The molecule has 1 aromatic carbocycles. The van der Waals surface area contributed by atoms with Crippen molar-refractivity contribution in [2.24, 2.45) is 0 Å². The van der Waals surface area contributed by atoms with Gasteiger partial charge in [0.1, 0.15) is 0 Å². The van der Waals surface area contributed by atoms with E-state index in [-0.39, 0.29) is 0 Å². The van der Waals surface area contributed by atoms with Crippen molar-refractivity contribution < 1.29 is 0 Å². The molecular formula is C14H16N2. The maximum atomic E-state index is 5.88. The average molecular weight is 212 g/mol. The van der Waals surface area contributed by atoms with Gasteiger partial charge < -0.3 is 5.73 Å². The molecule has 82 valence electrons. The molecule has 0 aliphatic rings. The standard InChI is InChI=1S/C14H16N2/c1-2-11-3-5-12(6-4-11)9-13-10-16-8-7-14(13)15/h3-8,10H,2,9H2,1H3,(H2,15,16). The van der Waals surface area contributed by atoms with Gasteiger partial charge in [0.25, 0.3) is 0 Å². The first-order valence-corrected chi connectivity index (χ1v) is 5.55. The molecule has 2 heteroatoms. The van der Waals surface area contributed by atoms with Gasteiger partial charge in [0.05, 0.1) is 0 Å². The number of nitrogens with two attached hydrogens (primary N) is 1. The first kappa shape index (κ1) is 10.7. The number of anilines is 1. The third-order valence-corrected chi connectivity index (χ3v) is 2.77. The molecule has 0 unspecified atom stereocenters. The van der Waals surface area contributed by atoms with E-state index < -0.39 is 0 Å². The van der Waals surface area contributed by atoms with Gasteiger partial charge in [0.2, 0.25) is 0 Å². The van der Waals surface area contributed by atoms with Crippen LogP contribution in [0.4, 0.5) is 5.69 Å². The van der Waals surface area contributed by atoms with Crippen LogP contribution in [0.25, 0.3) is 0 Å². The molecule has 0 saturated carbocycles. The van der Waals surface area contributed by atoms with E-state index in [0.29, 0.717) is 0 Å². The quantitative estimate of drug-likeness (QED) is 0.849. The highest BCUT2D eigenvalue weighted by Gasteiger charge is 2.00. The molecule has 0 radical (unpaired) electrons. The van der Waals surface area contributed by atoms with E-state index in [4.69, 9.17) is 5.73 Å². The van der Waals surface area contributed by atoms with Gasteiger partial charge in [0, 0.05) is 24.5 Å². The highest BCUT2D eigenvalue weighted by Crippen LogP contribution is 2.15. The second-order valence-electron chi connectivity index (χ2n) is 3.92. The number of pyridine rings is 1. The Morgan fingerprint density at radius 1 is 1.06 bits per heavy atom. The molecule has 2 rings (SSSR count). The van der Waals surface area contributed by atoms with Gasteiger partial charge in [-0.3, -0.25) is 4.98 Å². The van der Waals surface area contributed by atoms with E-state index in [2.05, 4.69) is 36.2 Å². The summed E-state index contributed by atoms with van der Waals surface area (Å²) in [6.45, 7) is 2.16. The molecule has 2 aromatic rings. The molecule has 2 N–H and O–H groups in total. The lowest BCUT2D eigenvalue weighted by atomic mass is 10.0. The summed E-state index contributed by atoms with van der Waals surface area (Å²) in [4.78, 5) is 4.10. The van der Waals surface area contributed by atoms with Crippen LogP contribution in [0.2, 0.25) is 0 Å². The lowest BCUT2D eigenvalue weighted by molar-refractivity contribution is 1.11. The van der Waals surface area contributed by atoms with Gasteiger partial charge in [-0.2, -0.15) is 0 Å². The van der Waals surface area contributed by atoms with Crippen molar-refractivity contribution in [1.82, 2.24) is 4.98 Å². The topological polar surface area (TPSA) is 38.9 Å². The van der Waals surface area contributed by atoms with Crippen LogP contribution < -0.4 is 5.73 Å². The Kier molecular flexibility index (Phi) is 3.20. The monoisotopic (exact) mass is 212 g/mol. The maximum absolute atomic E-state index is 5.88. The van der Waals surface area contributed by atoms with Gasteiger partial charge in [0.15, 0.2) is 0 Å². The second-order valence-corrected chi connectivity index (χ2v) is 3.92. The van der Waals surface area contributed by atoms with Crippen molar-refractivity contribution in [3.05, 3.63) is 59.4 Å². The number of hydrogen-bond acceptors (Lipinski definition) is 2. The molecule has 0 fully saturated rings. The smallest absolute Gasteiger partial charge is 0.0380 e. The van der Waals surface area contributed by atoms with E-state index in [1.165, 1.54) is 11.1 Å². The highest BCUT2D eigenvalue weighted by atomic mass is 14.7. The van der Waals surface area contributed by atoms with Crippen molar-refractivity contribution in [1.29, 1.82) is 0 Å². The Hall–Kier alpha value is -1.83. The number of aryl methyl sites for hydroxylation is 1. The molecule has 16 heavy (non-hydrogen) atoms. The summed E-state index contributed by atoms with van der Waals surface area (Å²) in [6.07, 6.45) is 5.49. The van der Waals surface area contributed by atoms with Crippen LogP contribution in [-0.2, 0) is 12.8 Å². The van der Waals surface area contributed by atoms with E-state index in [1.54, 1.807) is 6.20 Å². The van der Waals surface area contributed by atoms with Crippen LogP contribution in [0, 0.1) is 0 Å². The number of nitrogen functional groups attached to an aromatic ring is 1. The predicted octanol–water partition coefficient (Wildman–Crippen LogP) is 2.82. The highest BCUT2D eigenvalue weighted by molar-refractivity contribution is 5.46. The third kappa shape index (κ3) is 2.40. The predicted molar refractivity (Wildman–Crippen MR) is 67.3 cm³/mol. The molecule has 2 nitrogen and oxygen atoms in total. The molecule has 1 aromatic heterocycles.